The van der Waals surface area contributed by atoms with E-state index in [1.807, 2.05) is 18.7 Å². The first-order valence-electron chi connectivity index (χ1n) is 6.76. The van der Waals surface area contributed by atoms with Crippen molar-refractivity contribution in [3.8, 4) is 0 Å². The predicted molar refractivity (Wildman–Crippen MR) is 77.9 cm³/mol. The molecule has 1 aliphatic rings. The molecule has 0 heterocycles. The second-order valence-corrected chi connectivity index (χ2v) is 6.05. The highest BCUT2D eigenvalue weighted by atomic mass is 32.2. The largest absolute Gasteiger partial charge is 0.469 e. The zero-order chi connectivity index (χ0) is 14.3. The lowest BCUT2D eigenvalue weighted by Gasteiger charge is -2.22. The zero-order valence-electron chi connectivity index (χ0n) is 12.0. The summed E-state index contributed by atoms with van der Waals surface area (Å²) in [7, 11) is 1.39. The standard InChI is InChI=1S/C14H23NO3S/c1-4-15(12-7-5-6-8-12)13(16)10-19-11(2)9-14(17)18-3/h7,11H,4-6,8-10H2,1-3H3. The van der Waals surface area contributed by atoms with Gasteiger partial charge in [-0.3, -0.25) is 9.59 Å². The van der Waals surface area contributed by atoms with Crippen LogP contribution in [0.5, 0.6) is 0 Å². The van der Waals surface area contributed by atoms with Crippen molar-refractivity contribution >= 4 is 23.6 Å². The number of thioether (sulfide) groups is 1. The summed E-state index contributed by atoms with van der Waals surface area (Å²) >= 11 is 1.51. The van der Waals surface area contributed by atoms with Crippen LogP contribution in [0, 0.1) is 0 Å². The summed E-state index contributed by atoms with van der Waals surface area (Å²) in [5.41, 5.74) is 1.16. The normalized spacial score (nSPS) is 15.8. The summed E-state index contributed by atoms with van der Waals surface area (Å²) in [5.74, 6) is 0.333. The van der Waals surface area contributed by atoms with E-state index in [0.717, 1.165) is 31.5 Å². The summed E-state index contributed by atoms with van der Waals surface area (Å²) < 4.78 is 4.62. The minimum atomic E-state index is -0.224. The number of ether oxygens (including phenoxy) is 1. The van der Waals surface area contributed by atoms with E-state index in [4.69, 9.17) is 0 Å². The zero-order valence-corrected chi connectivity index (χ0v) is 12.8. The minimum absolute atomic E-state index is 0.104. The molecule has 1 aliphatic carbocycles. The van der Waals surface area contributed by atoms with Crippen molar-refractivity contribution < 1.29 is 14.3 Å². The highest BCUT2D eigenvalue weighted by Crippen LogP contribution is 2.23. The van der Waals surface area contributed by atoms with Crippen molar-refractivity contribution in [1.82, 2.24) is 4.90 Å². The average molecular weight is 285 g/mol. The summed E-state index contributed by atoms with van der Waals surface area (Å²) in [5, 5.41) is 0.104. The van der Waals surface area contributed by atoms with Crippen LogP contribution in [0.25, 0.3) is 0 Å². The van der Waals surface area contributed by atoms with Crippen LogP contribution in [-0.2, 0) is 14.3 Å². The van der Waals surface area contributed by atoms with Crippen LogP contribution in [0.15, 0.2) is 11.8 Å². The number of hydrogen-bond acceptors (Lipinski definition) is 4. The van der Waals surface area contributed by atoms with Crippen molar-refractivity contribution in [1.29, 1.82) is 0 Å². The average Bonchev–Trinajstić information content (AvgIpc) is 2.91. The molecule has 0 N–H and O–H groups in total. The van der Waals surface area contributed by atoms with E-state index < -0.39 is 0 Å². The Balaban J connectivity index is 2.38. The van der Waals surface area contributed by atoms with Gasteiger partial charge in [0, 0.05) is 17.5 Å². The Bertz CT molecular complexity index is 355. The molecular formula is C14H23NO3S. The van der Waals surface area contributed by atoms with E-state index in [9.17, 15) is 9.59 Å². The van der Waals surface area contributed by atoms with Gasteiger partial charge in [-0.05, 0) is 26.2 Å². The number of nitrogens with zero attached hydrogens (tertiary/aromatic N) is 1. The van der Waals surface area contributed by atoms with Gasteiger partial charge in [0.1, 0.15) is 0 Å². The van der Waals surface area contributed by atoms with Gasteiger partial charge in [-0.2, -0.15) is 0 Å². The number of rotatable bonds is 7. The molecule has 0 saturated heterocycles. The van der Waals surface area contributed by atoms with E-state index >= 15 is 0 Å². The number of methoxy groups -OCH3 is 1. The lowest BCUT2D eigenvalue weighted by molar-refractivity contribution is -0.140. The van der Waals surface area contributed by atoms with Crippen LogP contribution in [0.1, 0.15) is 39.5 Å². The fourth-order valence-corrected chi connectivity index (χ4v) is 2.94. The molecule has 0 bridgehead atoms. The van der Waals surface area contributed by atoms with Crippen molar-refractivity contribution in [3.63, 3.8) is 0 Å². The van der Waals surface area contributed by atoms with Gasteiger partial charge in [0.2, 0.25) is 5.91 Å². The molecule has 19 heavy (non-hydrogen) atoms. The van der Waals surface area contributed by atoms with Gasteiger partial charge in [-0.25, -0.2) is 0 Å². The molecule has 0 aromatic carbocycles. The maximum atomic E-state index is 12.2. The van der Waals surface area contributed by atoms with Crippen LogP contribution < -0.4 is 0 Å². The van der Waals surface area contributed by atoms with Crippen LogP contribution in [-0.4, -0.2) is 41.4 Å². The van der Waals surface area contributed by atoms with Crippen LogP contribution >= 0.6 is 11.8 Å². The third-order valence-corrected chi connectivity index (χ3v) is 4.30. The molecule has 5 heteroatoms. The molecule has 1 atom stereocenters. The highest BCUT2D eigenvalue weighted by molar-refractivity contribution is 8.00. The van der Waals surface area contributed by atoms with Crippen LogP contribution in [0.2, 0.25) is 0 Å². The third-order valence-electron chi connectivity index (χ3n) is 3.15. The summed E-state index contributed by atoms with van der Waals surface area (Å²) in [6.07, 6.45) is 5.73. The van der Waals surface area contributed by atoms with E-state index in [-0.39, 0.29) is 17.1 Å². The quantitative estimate of drug-likeness (QED) is 0.675. The number of hydrogen-bond donors (Lipinski definition) is 0. The first kappa shape index (κ1) is 16.1. The summed E-state index contributed by atoms with van der Waals surface area (Å²) in [6, 6.07) is 0. The molecule has 108 valence electrons. The van der Waals surface area contributed by atoms with E-state index in [1.165, 1.54) is 18.9 Å². The Labute approximate surface area is 119 Å². The monoisotopic (exact) mass is 285 g/mol. The maximum Gasteiger partial charge on any atom is 0.306 e. The highest BCUT2D eigenvalue weighted by Gasteiger charge is 2.19. The van der Waals surface area contributed by atoms with Crippen molar-refractivity contribution in [2.45, 2.75) is 44.8 Å². The molecule has 0 aliphatic heterocycles. The Hall–Kier alpha value is -0.970. The molecule has 1 amide bonds. The smallest absolute Gasteiger partial charge is 0.306 e. The van der Waals surface area contributed by atoms with Gasteiger partial charge >= 0.3 is 5.97 Å². The third kappa shape index (κ3) is 5.27. The topological polar surface area (TPSA) is 46.6 Å². The van der Waals surface area contributed by atoms with Crippen LogP contribution in [0.4, 0.5) is 0 Å². The molecule has 0 spiro atoms. The maximum absolute atomic E-state index is 12.2. The fraction of sp³-hybridized carbons (Fsp3) is 0.714. The molecule has 1 rings (SSSR count). The number of esters is 1. The van der Waals surface area contributed by atoms with E-state index in [0.29, 0.717) is 12.2 Å². The first-order chi connectivity index (χ1) is 9.08. The van der Waals surface area contributed by atoms with Crippen LogP contribution in [0.3, 0.4) is 0 Å². The van der Waals surface area contributed by atoms with Gasteiger partial charge in [0.05, 0.1) is 19.3 Å². The molecule has 0 saturated carbocycles. The Morgan fingerprint density at radius 2 is 2.26 bits per heavy atom. The molecule has 0 fully saturated rings. The molecular weight excluding hydrogens is 262 g/mol. The van der Waals surface area contributed by atoms with Crippen molar-refractivity contribution in [2.75, 3.05) is 19.4 Å². The van der Waals surface area contributed by atoms with Crippen molar-refractivity contribution in [3.05, 3.63) is 11.8 Å². The lowest BCUT2D eigenvalue weighted by Crippen LogP contribution is -2.31. The molecule has 0 aromatic heterocycles. The van der Waals surface area contributed by atoms with Crippen molar-refractivity contribution in [2.24, 2.45) is 0 Å². The molecule has 1 unspecified atom stereocenters. The summed E-state index contributed by atoms with van der Waals surface area (Å²) in [6.45, 7) is 4.66. The Kier molecular flexibility index (Phi) is 6.99. The number of carbonyl (C=O) groups excluding carboxylic acids is 2. The summed E-state index contributed by atoms with van der Waals surface area (Å²) in [4.78, 5) is 25.2. The van der Waals surface area contributed by atoms with Gasteiger partial charge < -0.3 is 9.64 Å². The first-order valence-corrected chi connectivity index (χ1v) is 7.81. The SMILES string of the molecule is CCN(C(=O)CSC(C)CC(=O)OC)C1=CCCC1. The second-order valence-electron chi connectivity index (χ2n) is 4.63. The second kappa shape index (κ2) is 8.25. The number of allylic oxidation sites excluding steroid dienone is 2. The van der Waals surface area contributed by atoms with E-state index in [2.05, 4.69) is 10.8 Å². The van der Waals surface area contributed by atoms with Gasteiger partial charge in [0.25, 0.3) is 0 Å². The minimum Gasteiger partial charge on any atom is -0.469 e. The number of carbonyl (C=O) groups is 2. The Morgan fingerprint density at radius 3 is 2.79 bits per heavy atom. The predicted octanol–water partition coefficient (Wildman–Crippen LogP) is 2.59. The molecule has 4 nitrogen and oxygen atoms in total. The molecule has 0 aromatic rings. The van der Waals surface area contributed by atoms with Gasteiger partial charge in [-0.1, -0.05) is 13.0 Å². The number of amides is 1. The van der Waals surface area contributed by atoms with E-state index in [1.54, 1.807) is 0 Å². The fourth-order valence-electron chi connectivity index (χ4n) is 2.11. The molecule has 0 radical (unpaired) electrons. The van der Waals surface area contributed by atoms with Gasteiger partial charge in [-0.15, -0.1) is 11.8 Å². The lowest BCUT2D eigenvalue weighted by atomic mass is 10.3. The Morgan fingerprint density at radius 1 is 1.53 bits per heavy atom. The van der Waals surface area contributed by atoms with Gasteiger partial charge in [0.15, 0.2) is 0 Å².